The molecule has 5 heteroatoms. The highest BCUT2D eigenvalue weighted by Crippen LogP contribution is 2.22. The first kappa shape index (κ1) is 18.1. The van der Waals surface area contributed by atoms with E-state index in [1.807, 2.05) is 36.4 Å². The second kappa shape index (κ2) is 9.13. The van der Waals surface area contributed by atoms with Crippen LogP contribution < -0.4 is 10.2 Å². The minimum atomic E-state index is -0.164. The Morgan fingerprint density at radius 2 is 1.96 bits per heavy atom. The zero-order valence-electron chi connectivity index (χ0n) is 15.3. The molecule has 136 valence electrons. The molecule has 0 spiro atoms. The van der Waals surface area contributed by atoms with Gasteiger partial charge in [-0.25, -0.2) is 0 Å². The fraction of sp³-hybridized carbons (Fsp3) is 0.381. The number of nitrogens with zero attached hydrogens (tertiary/aromatic N) is 3. The van der Waals surface area contributed by atoms with Crippen LogP contribution in [0.5, 0.6) is 0 Å². The molecule has 0 bridgehead atoms. The third-order valence-corrected chi connectivity index (χ3v) is 4.66. The normalized spacial score (nSPS) is 13.8. The Hall–Kier alpha value is -2.69. The number of aromatic nitrogens is 2. The Kier molecular flexibility index (Phi) is 6.36. The predicted molar refractivity (Wildman–Crippen MR) is 105 cm³/mol. The molecule has 2 aromatic rings. The Balaban J connectivity index is 1.57. The molecule has 1 aromatic carbocycles. The van der Waals surface area contributed by atoms with Crippen LogP contribution in [0, 0.1) is 0 Å². The first-order chi connectivity index (χ1) is 12.8. The summed E-state index contributed by atoms with van der Waals surface area (Å²) in [4.78, 5) is 14.3. The maximum atomic E-state index is 12.3. The summed E-state index contributed by atoms with van der Waals surface area (Å²) >= 11 is 0. The lowest BCUT2D eigenvalue weighted by Gasteiger charge is -2.21. The molecule has 5 nitrogen and oxygen atoms in total. The van der Waals surface area contributed by atoms with Gasteiger partial charge in [-0.2, -0.15) is 0 Å². The monoisotopic (exact) mass is 350 g/mol. The number of carbonyl (C=O) groups excluding carboxylic acids is 1. The largest absolute Gasteiger partial charge is 0.350 e. The summed E-state index contributed by atoms with van der Waals surface area (Å²) in [6, 6.07) is 13.6. The van der Waals surface area contributed by atoms with E-state index in [-0.39, 0.29) is 5.91 Å². The molecule has 1 aromatic heterocycles. The first-order valence-corrected chi connectivity index (χ1v) is 9.40. The lowest BCUT2D eigenvalue weighted by Crippen LogP contribution is -2.26. The quantitative estimate of drug-likeness (QED) is 0.758. The van der Waals surface area contributed by atoms with Crippen molar-refractivity contribution in [2.75, 3.05) is 18.0 Å². The molecule has 0 unspecified atom stereocenters. The van der Waals surface area contributed by atoms with Crippen molar-refractivity contribution in [1.82, 2.24) is 15.5 Å². The van der Waals surface area contributed by atoms with Crippen LogP contribution in [0.2, 0.25) is 0 Å². The summed E-state index contributed by atoms with van der Waals surface area (Å²) in [5.74, 6) is 0.575. The number of benzene rings is 1. The van der Waals surface area contributed by atoms with Crippen LogP contribution in [0.15, 0.2) is 54.1 Å². The lowest BCUT2D eigenvalue weighted by atomic mass is 9.97. The van der Waals surface area contributed by atoms with E-state index in [4.69, 9.17) is 0 Å². The SMILES string of the molecule is CCN(c1ccccc1)c1ccc(C(=O)NCCC2=CCCCC2)nn1. The third-order valence-electron chi connectivity index (χ3n) is 4.66. The second-order valence-corrected chi connectivity index (χ2v) is 6.47. The summed E-state index contributed by atoms with van der Waals surface area (Å²) in [6.45, 7) is 3.49. The van der Waals surface area contributed by atoms with Crippen molar-refractivity contribution in [3.05, 3.63) is 59.8 Å². The van der Waals surface area contributed by atoms with E-state index in [2.05, 4.69) is 33.4 Å². The highest BCUT2D eigenvalue weighted by Gasteiger charge is 2.12. The number of carbonyl (C=O) groups is 1. The lowest BCUT2D eigenvalue weighted by molar-refractivity contribution is 0.0948. The van der Waals surface area contributed by atoms with Gasteiger partial charge in [-0.3, -0.25) is 4.79 Å². The van der Waals surface area contributed by atoms with Crippen molar-refractivity contribution in [3.8, 4) is 0 Å². The average Bonchev–Trinajstić information content (AvgIpc) is 2.71. The van der Waals surface area contributed by atoms with Gasteiger partial charge in [-0.15, -0.1) is 10.2 Å². The van der Waals surface area contributed by atoms with Gasteiger partial charge >= 0.3 is 0 Å². The van der Waals surface area contributed by atoms with Crippen molar-refractivity contribution >= 4 is 17.4 Å². The second-order valence-electron chi connectivity index (χ2n) is 6.47. The zero-order chi connectivity index (χ0) is 18.2. The van der Waals surface area contributed by atoms with Crippen molar-refractivity contribution in [2.24, 2.45) is 0 Å². The minimum absolute atomic E-state index is 0.164. The van der Waals surface area contributed by atoms with Crippen LogP contribution in [0.1, 0.15) is 49.5 Å². The van der Waals surface area contributed by atoms with Crippen molar-refractivity contribution in [2.45, 2.75) is 39.0 Å². The van der Waals surface area contributed by atoms with Gasteiger partial charge in [0, 0.05) is 18.8 Å². The van der Waals surface area contributed by atoms with E-state index in [9.17, 15) is 4.79 Å². The minimum Gasteiger partial charge on any atom is -0.350 e. The fourth-order valence-electron chi connectivity index (χ4n) is 3.23. The molecule has 0 saturated heterocycles. The van der Waals surface area contributed by atoms with E-state index in [1.165, 1.54) is 24.8 Å². The molecule has 1 aliphatic carbocycles. The summed E-state index contributed by atoms with van der Waals surface area (Å²) in [5.41, 5.74) is 2.87. The number of amides is 1. The van der Waals surface area contributed by atoms with E-state index >= 15 is 0 Å². The maximum Gasteiger partial charge on any atom is 0.271 e. The van der Waals surface area contributed by atoms with Gasteiger partial charge < -0.3 is 10.2 Å². The Morgan fingerprint density at radius 3 is 2.62 bits per heavy atom. The fourth-order valence-corrected chi connectivity index (χ4v) is 3.23. The molecule has 1 heterocycles. The Morgan fingerprint density at radius 1 is 1.12 bits per heavy atom. The van der Waals surface area contributed by atoms with Gasteiger partial charge in [0.05, 0.1) is 0 Å². The molecule has 0 fully saturated rings. The molecular formula is C21H26N4O. The summed E-state index contributed by atoms with van der Waals surface area (Å²) < 4.78 is 0. The molecule has 1 N–H and O–H groups in total. The van der Waals surface area contributed by atoms with Crippen molar-refractivity contribution in [1.29, 1.82) is 0 Å². The molecule has 1 aliphatic rings. The van der Waals surface area contributed by atoms with Crippen LogP contribution in [-0.4, -0.2) is 29.2 Å². The van der Waals surface area contributed by atoms with E-state index in [0.717, 1.165) is 30.9 Å². The standard InChI is InChI=1S/C21H26N4O/c1-2-25(18-11-7-4-8-12-18)20-14-13-19(23-24-20)21(26)22-16-15-17-9-5-3-6-10-17/h4,7-9,11-14H,2-3,5-6,10,15-16H2,1H3,(H,22,26). The molecule has 1 amide bonds. The summed E-state index contributed by atoms with van der Waals surface area (Å²) in [5, 5.41) is 11.3. The Labute approximate surface area is 155 Å². The van der Waals surface area contributed by atoms with Gasteiger partial charge in [-0.1, -0.05) is 29.8 Å². The van der Waals surface area contributed by atoms with Gasteiger partial charge in [0.2, 0.25) is 0 Å². The topological polar surface area (TPSA) is 58.1 Å². The number of para-hydroxylation sites is 1. The van der Waals surface area contributed by atoms with Crippen molar-refractivity contribution in [3.63, 3.8) is 0 Å². The highest BCUT2D eigenvalue weighted by atomic mass is 16.1. The van der Waals surface area contributed by atoms with Gasteiger partial charge in [-0.05, 0) is 63.3 Å². The van der Waals surface area contributed by atoms with Crippen LogP contribution in [0.25, 0.3) is 0 Å². The number of anilines is 2. The number of hydrogen-bond donors (Lipinski definition) is 1. The van der Waals surface area contributed by atoms with E-state index in [0.29, 0.717) is 12.2 Å². The molecular weight excluding hydrogens is 324 g/mol. The van der Waals surface area contributed by atoms with Gasteiger partial charge in [0.25, 0.3) is 5.91 Å². The van der Waals surface area contributed by atoms with Crippen LogP contribution in [-0.2, 0) is 0 Å². The average molecular weight is 350 g/mol. The number of allylic oxidation sites excluding steroid dienone is 1. The third kappa shape index (κ3) is 4.69. The van der Waals surface area contributed by atoms with Crippen molar-refractivity contribution < 1.29 is 4.79 Å². The molecule has 3 rings (SSSR count). The number of hydrogen-bond acceptors (Lipinski definition) is 4. The Bertz CT molecular complexity index is 740. The summed E-state index contributed by atoms with van der Waals surface area (Å²) in [7, 11) is 0. The molecule has 26 heavy (non-hydrogen) atoms. The van der Waals surface area contributed by atoms with Crippen LogP contribution >= 0.6 is 0 Å². The molecule has 0 radical (unpaired) electrons. The van der Waals surface area contributed by atoms with E-state index in [1.54, 1.807) is 6.07 Å². The molecule has 0 aliphatic heterocycles. The smallest absolute Gasteiger partial charge is 0.271 e. The van der Waals surface area contributed by atoms with Gasteiger partial charge in [0.1, 0.15) is 0 Å². The number of nitrogens with one attached hydrogen (secondary N) is 1. The van der Waals surface area contributed by atoms with Crippen LogP contribution in [0.4, 0.5) is 11.5 Å². The molecule has 0 atom stereocenters. The van der Waals surface area contributed by atoms with Gasteiger partial charge in [0.15, 0.2) is 11.5 Å². The number of rotatable bonds is 7. The van der Waals surface area contributed by atoms with Crippen LogP contribution in [0.3, 0.4) is 0 Å². The molecule has 0 saturated carbocycles. The first-order valence-electron chi connectivity index (χ1n) is 9.40. The van der Waals surface area contributed by atoms with E-state index < -0.39 is 0 Å². The maximum absolute atomic E-state index is 12.3. The highest BCUT2D eigenvalue weighted by molar-refractivity contribution is 5.92. The summed E-state index contributed by atoms with van der Waals surface area (Å²) in [6.07, 6.45) is 8.13. The predicted octanol–water partition coefficient (Wildman–Crippen LogP) is 4.25. The zero-order valence-corrected chi connectivity index (χ0v) is 15.3.